The molecule has 0 aliphatic carbocycles. The zero-order valence-corrected chi connectivity index (χ0v) is 18.0. The third kappa shape index (κ3) is 5.72. The predicted molar refractivity (Wildman–Crippen MR) is 134 cm³/mol. The number of nitrogen functional groups attached to an aromatic ring is 1. The Labute approximate surface area is 192 Å². The normalized spacial score (nSPS) is 10.0. The lowest BCUT2D eigenvalue weighted by Crippen LogP contribution is -2.10. The number of hydrogen-bond acceptors (Lipinski definition) is 4. The van der Waals surface area contributed by atoms with E-state index >= 15 is 0 Å². The van der Waals surface area contributed by atoms with E-state index in [-0.39, 0.29) is 0 Å². The topological polar surface area (TPSA) is 67.1 Å². The largest absolute Gasteiger partial charge is 0.397 e. The van der Waals surface area contributed by atoms with Gasteiger partial charge in [-0.05, 0) is 71.6 Å². The zero-order valence-electron chi connectivity index (χ0n) is 17.2. The summed E-state index contributed by atoms with van der Waals surface area (Å²) in [5.74, 6) is 5.06. The monoisotopic (exact) mass is 435 g/mol. The van der Waals surface area contributed by atoms with Gasteiger partial charge in [0.15, 0.2) is 0 Å². The number of hydrogen-bond donors (Lipinski definition) is 3. The van der Waals surface area contributed by atoms with Gasteiger partial charge >= 0.3 is 5.91 Å². The molecule has 0 radical (unpaired) electrons. The van der Waals surface area contributed by atoms with Crippen molar-refractivity contribution >= 4 is 34.9 Å². The van der Waals surface area contributed by atoms with E-state index in [1.165, 1.54) is 11.1 Å². The van der Waals surface area contributed by atoms with E-state index in [1.807, 2.05) is 48.5 Å². The summed E-state index contributed by atoms with van der Waals surface area (Å²) in [6.07, 6.45) is 0. The first-order valence-electron chi connectivity index (χ1n) is 10.0. The minimum Gasteiger partial charge on any atom is -0.397 e. The van der Waals surface area contributed by atoms with Crippen LogP contribution in [0.2, 0.25) is 0 Å². The van der Waals surface area contributed by atoms with Crippen LogP contribution in [-0.2, 0) is 4.79 Å². The van der Waals surface area contributed by atoms with Crippen molar-refractivity contribution in [3.05, 3.63) is 109 Å². The molecule has 0 spiro atoms. The molecule has 32 heavy (non-hydrogen) atoms. The summed E-state index contributed by atoms with van der Waals surface area (Å²) in [7, 11) is 0. The first kappa shape index (κ1) is 21.1. The lowest BCUT2D eigenvalue weighted by molar-refractivity contribution is -0.111. The SMILES string of the molecule is Nc1ccccc1NC(=O)C#Cc1ccc(NSc2ccc(-c3ccccc3)cc2)cc1. The van der Waals surface area contributed by atoms with Gasteiger partial charge in [0.05, 0.1) is 11.4 Å². The fraction of sp³-hybridized carbons (Fsp3) is 0. The van der Waals surface area contributed by atoms with Gasteiger partial charge in [0.1, 0.15) is 0 Å². The Kier molecular flexibility index (Phi) is 6.76. The molecule has 0 fully saturated rings. The van der Waals surface area contributed by atoms with Crippen LogP contribution in [0.3, 0.4) is 0 Å². The van der Waals surface area contributed by atoms with Crippen LogP contribution in [0.1, 0.15) is 5.56 Å². The minimum absolute atomic E-state index is 0.403. The van der Waals surface area contributed by atoms with Crippen molar-refractivity contribution in [3.8, 4) is 23.0 Å². The number of anilines is 3. The van der Waals surface area contributed by atoms with E-state index in [2.05, 4.69) is 58.3 Å². The van der Waals surface area contributed by atoms with Crippen LogP contribution in [0.5, 0.6) is 0 Å². The molecule has 4 N–H and O–H groups in total. The maximum Gasteiger partial charge on any atom is 0.300 e. The lowest BCUT2D eigenvalue weighted by atomic mass is 10.1. The van der Waals surface area contributed by atoms with Gasteiger partial charge < -0.3 is 15.8 Å². The molecule has 4 aromatic rings. The van der Waals surface area contributed by atoms with Crippen LogP contribution in [0.25, 0.3) is 11.1 Å². The Morgan fingerprint density at radius 3 is 2.12 bits per heavy atom. The van der Waals surface area contributed by atoms with Gasteiger partial charge in [0, 0.05) is 22.1 Å². The lowest BCUT2D eigenvalue weighted by Gasteiger charge is -2.07. The highest BCUT2D eigenvalue weighted by Gasteiger charge is 2.02. The van der Waals surface area contributed by atoms with E-state index in [9.17, 15) is 4.79 Å². The van der Waals surface area contributed by atoms with Gasteiger partial charge in [-0.2, -0.15) is 0 Å². The van der Waals surface area contributed by atoms with Crippen molar-refractivity contribution in [2.45, 2.75) is 4.90 Å². The summed E-state index contributed by atoms with van der Waals surface area (Å²) in [6, 6.07) is 33.4. The molecule has 4 aromatic carbocycles. The molecule has 0 aromatic heterocycles. The second kappa shape index (κ2) is 10.3. The average molecular weight is 436 g/mol. The highest BCUT2D eigenvalue weighted by molar-refractivity contribution is 8.00. The van der Waals surface area contributed by atoms with E-state index in [0.717, 1.165) is 16.1 Å². The second-order valence-electron chi connectivity index (χ2n) is 6.96. The number of benzene rings is 4. The third-order valence-electron chi connectivity index (χ3n) is 4.66. The van der Waals surface area contributed by atoms with Gasteiger partial charge in [-0.15, -0.1) is 0 Å². The van der Waals surface area contributed by atoms with Crippen molar-refractivity contribution in [2.24, 2.45) is 0 Å². The average Bonchev–Trinajstić information content (AvgIpc) is 2.84. The minimum atomic E-state index is -0.403. The molecule has 0 bridgehead atoms. The smallest absolute Gasteiger partial charge is 0.300 e. The van der Waals surface area contributed by atoms with Crippen molar-refractivity contribution in [2.75, 3.05) is 15.8 Å². The molecule has 4 rings (SSSR count). The van der Waals surface area contributed by atoms with E-state index in [1.54, 1.807) is 30.1 Å². The third-order valence-corrected chi connectivity index (χ3v) is 5.51. The van der Waals surface area contributed by atoms with E-state index < -0.39 is 5.91 Å². The maximum absolute atomic E-state index is 12.0. The van der Waals surface area contributed by atoms with Gasteiger partial charge in [-0.1, -0.05) is 60.5 Å². The molecule has 5 heteroatoms. The zero-order chi connectivity index (χ0) is 22.2. The Morgan fingerprint density at radius 1 is 0.750 bits per heavy atom. The van der Waals surface area contributed by atoms with Crippen molar-refractivity contribution in [3.63, 3.8) is 0 Å². The number of amides is 1. The predicted octanol–water partition coefficient (Wildman–Crippen LogP) is 6.05. The van der Waals surface area contributed by atoms with Crippen molar-refractivity contribution in [1.29, 1.82) is 0 Å². The van der Waals surface area contributed by atoms with Crippen LogP contribution in [0.4, 0.5) is 17.1 Å². The van der Waals surface area contributed by atoms with E-state index in [0.29, 0.717) is 11.4 Å². The number of nitrogens with one attached hydrogen (secondary N) is 2. The molecular weight excluding hydrogens is 414 g/mol. The molecule has 0 heterocycles. The van der Waals surface area contributed by atoms with E-state index in [4.69, 9.17) is 5.73 Å². The standard InChI is InChI=1S/C27H21N3OS/c28-25-8-4-5-9-26(25)29-27(31)19-12-20-10-15-23(16-11-20)30-32-24-17-13-22(14-18-24)21-6-2-1-3-7-21/h1-11,13-18,30H,28H2,(H,29,31). The summed E-state index contributed by atoms with van der Waals surface area (Å²) < 4.78 is 3.33. The molecule has 0 saturated carbocycles. The van der Waals surface area contributed by atoms with Crippen molar-refractivity contribution < 1.29 is 4.79 Å². The van der Waals surface area contributed by atoms with Crippen molar-refractivity contribution in [1.82, 2.24) is 0 Å². The van der Waals surface area contributed by atoms with Crippen LogP contribution in [-0.4, -0.2) is 5.91 Å². The highest BCUT2D eigenvalue weighted by Crippen LogP contribution is 2.25. The summed E-state index contributed by atoms with van der Waals surface area (Å²) in [5, 5.41) is 2.69. The molecule has 0 aliphatic heterocycles. The van der Waals surface area contributed by atoms with Gasteiger partial charge in [-0.25, -0.2) is 0 Å². The molecule has 156 valence electrons. The Balaban J connectivity index is 1.31. The summed E-state index contributed by atoms with van der Waals surface area (Å²) in [4.78, 5) is 13.1. The van der Waals surface area contributed by atoms with Crippen LogP contribution >= 0.6 is 11.9 Å². The highest BCUT2D eigenvalue weighted by atomic mass is 32.2. The fourth-order valence-corrected chi connectivity index (χ4v) is 3.62. The molecular formula is C27H21N3OS. The van der Waals surface area contributed by atoms with Gasteiger partial charge in [0.2, 0.25) is 0 Å². The molecule has 0 atom stereocenters. The molecule has 4 nitrogen and oxygen atoms in total. The van der Waals surface area contributed by atoms with Gasteiger partial charge in [-0.3, -0.25) is 4.79 Å². The molecule has 0 unspecified atom stereocenters. The summed E-state index contributed by atoms with van der Waals surface area (Å²) >= 11 is 1.54. The Morgan fingerprint density at radius 2 is 1.41 bits per heavy atom. The number of para-hydroxylation sites is 2. The molecule has 0 saturated heterocycles. The van der Waals surface area contributed by atoms with Crippen LogP contribution < -0.4 is 15.8 Å². The number of nitrogens with two attached hydrogens (primary N) is 1. The quantitative estimate of drug-likeness (QED) is 0.203. The maximum atomic E-state index is 12.0. The number of carbonyl (C=O) groups excluding carboxylic acids is 1. The second-order valence-corrected chi connectivity index (χ2v) is 7.84. The first-order valence-corrected chi connectivity index (χ1v) is 10.8. The fourth-order valence-electron chi connectivity index (χ4n) is 2.98. The number of rotatable bonds is 5. The first-order chi connectivity index (χ1) is 15.7. The Hall–Kier alpha value is -4.14. The molecule has 0 aliphatic rings. The Bertz CT molecular complexity index is 1260. The molecule has 1 amide bonds. The van der Waals surface area contributed by atoms with Crippen LogP contribution in [0, 0.1) is 11.8 Å². The summed E-state index contributed by atoms with van der Waals surface area (Å²) in [6.45, 7) is 0. The number of carbonyl (C=O) groups is 1. The van der Waals surface area contributed by atoms with Gasteiger partial charge in [0.25, 0.3) is 0 Å². The van der Waals surface area contributed by atoms with Crippen LogP contribution in [0.15, 0.2) is 108 Å². The summed E-state index contributed by atoms with van der Waals surface area (Å²) in [5.41, 5.74) is 11.0.